The van der Waals surface area contributed by atoms with Gasteiger partial charge in [-0.2, -0.15) is 5.10 Å². The second-order valence-corrected chi connectivity index (χ2v) is 4.75. The fourth-order valence-corrected chi connectivity index (χ4v) is 2.60. The lowest BCUT2D eigenvalue weighted by Crippen LogP contribution is -2.39. The maximum atomic E-state index is 10.8. The predicted octanol–water partition coefficient (Wildman–Crippen LogP) is 1.30. The molecule has 1 aromatic rings. The molecular weight excluding hydrogens is 218 g/mol. The van der Waals surface area contributed by atoms with E-state index in [0.717, 1.165) is 25.1 Å². The minimum atomic E-state index is -0.749. The van der Waals surface area contributed by atoms with Crippen LogP contribution in [0, 0.1) is 6.92 Å². The van der Waals surface area contributed by atoms with Crippen LogP contribution < -0.4 is 0 Å². The van der Waals surface area contributed by atoms with Crippen LogP contribution in [0.1, 0.15) is 31.5 Å². The van der Waals surface area contributed by atoms with Crippen LogP contribution in [0.5, 0.6) is 0 Å². The molecule has 0 unspecified atom stereocenters. The number of aromatic nitrogens is 2. The smallest absolute Gasteiger partial charge is 0.317 e. The van der Waals surface area contributed by atoms with Crippen molar-refractivity contribution in [1.29, 1.82) is 0 Å². The van der Waals surface area contributed by atoms with Crippen molar-refractivity contribution >= 4 is 5.97 Å². The van der Waals surface area contributed by atoms with Gasteiger partial charge in [0.25, 0.3) is 0 Å². The van der Waals surface area contributed by atoms with Crippen LogP contribution in [0.2, 0.25) is 0 Å². The predicted molar refractivity (Wildman–Crippen MR) is 63.9 cm³/mol. The molecule has 0 spiro atoms. The summed E-state index contributed by atoms with van der Waals surface area (Å²) in [6.45, 7) is 5.08. The van der Waals surface area contributed by atoms with Crippen LogP contribution >= 0.6 is 0 Å². The van der Waals surface area contributed by atoms with Crippen LogP contribution in [-0.4, -0.2) is 44.9 Å². The number of rotatable bonds is 4. The van der Waals surface area contributed by atoms with Gasteiger partial charge in [-0.15, -0.1) is 0 Å². The summed E-state index contributed by atoms with van der Waals surface area (Å²) in [5.74, 6) is -0.749. The van der Waals surface area contributed by atoms with Gasteiger partial charge < -0.3 is 5.11 Å². The van der Waals surface area contributed by atoms with Crippen LogP contribution in [0.4, 0.5) is 0 Å². The third-order valence-electron chi connectivity index (χ3n) is 3.47. The number of nitrogens with zero attached hydrogens (tertiary/aromatic N) is 3. The largest absolute Gasteiger partial charge is 0.480 e. The number of likely N-dealkylation sites (tertiary alicyclic amines) is 1. The van der Waals surface area contributed by atoms with Crippen LogP contribution in [-0.2, 0) is 4.79 Å². The second kappa shape index (κ2) is 4.87. The SMILES string of the molecule is Cc1ccn([C@@H](C)[C@H]2CCCN2CC(=O)O)n1. The molecular formula is C12H19N3O2. The molecule has 1 aromatic heterocycles. The molecule has 0 radical (unpaired) electrons. The Labute approximate surface area is 101 Å². The highest BCUT2D eigenvalue weighted by Crippen LogP contribution is 2.26. The summed E-state index contributed by atoms with van der Waals surface area (Å²) in [4.78, 5) is 12.8. The minimum Gasteiger partial charge on any atom is -0.480 e. The van der Waals surface area contributed by atoms with Gasteiger partial charge in [0.2, 0.25) is 0 Å². The average molecular weight is 237 g/mol. The molecule has 2 atom stereocenters. The normalized spacial score (nSPS) is 22.8. The van der Waals surface area contributed by atoms with E-state index in [2.05, 4.69) is 12.0 Å². The first-order valence-corrected chi connectivity index (χ1v) is 6.05. The number of aliphatic carboxylic acids is 1. The fraction of sp³-hybridized carbons (Fsp3) is 0.667. The van der Waals surface area contributed by atoms with Gasteiger partial charge in [0.1, 0.15) is 0 Å². The highest BCUT2D eigenvalue weighted by Gasteiger charge is 2.31. The quantitative estimate of drug-likeness (QED) is 0.857. The highest BCUT2D eigenvalue weighted by atomic mass is 16.4. The van der Waals surface area contributed by atoms with E-state index in [1.807, 2.05) is 28.8 Å². The Bertz CT molecular complexity index is 402. The number of hydrogen-bond donors (Lipinski definition) is 1. The second-order valence-electron chi connectivity index (χ2n) is 4.75. The van der Waals surface area contributed by atoms with E-state index < -0.39 is 5.97 Å². The zero-order chi connectivity index (χ0) is 12.4. The summed E-state index contributed by atoms with van der Waals surface area (Å²) < 4.78 is 1.94. The van der Waals surface area contributed by atoms with E-state index in [-0.39, 0.29) is 18.6 Å². The Kier molecular flexibility index (Phi) is 3.47. The summed E-state index contributed by atoms with van der Waals surface area (Å²) in [6, 6.07) is 2.49. The van der Waals surface area contributed by atoms with Gasteiger partial charge in [-0.25, -0.2) is 0 Å². The first-order chi connectivity index (χ1) is 8.08. The first-order valence-electron chi connectivity index (χ1n) is 6.05. The molecule has 0 aliphatic carbocycles. The lowest BCUT2D eigenvalue weighted by molar-refractivity contribution is -0.138. The van der Waals surface area contributed by atoms with Gasteiger partial charge in [0.05, 0.1) is 18.3 Å². The summed E-state index contributed by atoms with van der Waals surface area (Å²) in [6.07, 6.45) is 4.09. The Morgan fingerprint density at radius 2 is 2.47 bits per heavy atom. The molecule has 1 aliphatic heterocycles. The third-order valence-corrected chi connectivity index (χ3v) is 3.47. The average Bonchev–Trinajstić information content (AvgIpc) is 2.85. The lowest BCUT2D eigenvalue weighted by atomic mass is 10.1. The maximum Gasteiger partial charge on any atom is 0.317 e. The lowest BCUT2D eigenvalue weighted by Gasteiger charge is -2.28. The maximum absolute atomic E-state index is 10.8. The molecule has 0 bridgehead atoms. The zero-order valence-electron chi connectivity index (χ0n) is 10.3. The van der Waals surface area contributed by atoms with Crippen molar-refractivity contribution in [2.45, 2.75) is 38.8 Å². The Balaban J connectivity index is 2.07. The summed E-state index contributed by atoms with van der Waals surface area (Å²) in [5, 5.41) is 13.3. The van der Waals surface area contributed by atoms with Crippen LogP contribution in [0.15, 0.2) is 12.3 Å². The third kappa shape index (κ3) is 2.66. The molecule has 1 aliphatic rings. The van der Waals surface area contributed by atoms with Crippen molar-refractivity contribution in [2.75, 3.05) is 13.1 Å². The van der Waals surface area contributed by atoms with Gasteiger partial charge in [-0.3, -0.25) is 14.4 Å². The molecule has 0 saturated carbocycles. The van der Waals surface area contributed by atoms with Crippen LogP contribution in [0.3, 0.4) is 0 Å². The van der Waals surface area contributed by atoms with Gasteiger partial charge in [0, 0.05) is 12.2 Å². The highest BCUT2D eigenvalue weighted by molar-refractivity contribution is 5.69. The van der Waals surface area contributed by atoms with Crippen molar-refractivity contribution in [3.63, 3.8) is 0 Å². The standard InChI is InChI=1S/C12H19N3O2/c1-9-5-7-15(13-9)10(2)11-4-3-6-14(11)8-12(16)17/h5,7,10-11H,3-4,6,8H2,1-2H3,(H,16,17)/t10-,11+/m0/s1. The van der Waals surface area contributed by atoms with Crippen LogP contribution in [0.25, 0.3) is 0 Å². The topological polar surface area (TPSA) is 58.4 Å². The fourth-order valence-electron chi connectivity index (χ4n) is 2.60. The summed E-state index contributed by atoms with van der Waals surface area (Å²) in [5.41, 5.74) is 1.000. The molecule has 1 saturated heterocycles. The number of carboxylic acids is 1. The molecule has 2 rings (SSSR count). The van der Waals surface area contributed by atoms with Crippen molar-refractivity contribution in [3.8, 4) is 0 Å². The summed E-state index contributed by atoms with van der Waals surface area (Å²) >= 11 is 0. The van der Waals surface area contributed by atoms with E-state index in [1.54, 1.807) is 0 Å². The first kappa shape index (κ1) is 12.1. The van der Waals surface area contributed by atoms with E-state index in [4.69, 9.17) is 5.11 Å². The zero-order valence-corrected chi connectivity index (χ0v) is 10.3. The van der Waals surface area contributed by atoms with Crippen molar-refractivity contribution < 1.29 is 9.90 Å². The molecule has 5 nitrogen and oxygen atoms in total. The Morgan fingerprint density at radius 3 is 3.06 bits per heavy atom. The van der Waals surface area contributed by atoms with Gasteiger partial charge in [-0.1, -0.05) is 0 Å². The van der Waals surface area contributed by atoms with Crippen molar-refractivity contribution in [3.05, 3.63) is 18.0 Å². The summed E-state index contributed by atoms with van der Waals surface area (Å²) in [7, 11) is 0. The van der Waals surface area contributed by atoms with Crippen molar-refractivity contribution in [1.82, 2.24) is 14.7 Å². The molecule has 5 heteroatoms. The van der Waals surface area contributed by atoms with Gasteiger partial charge >= 0.3 is 5.97 Å². The van der Waals surface area contributed by atoms with E-state index in [0.29, 0.717) is 0 Å². The monoisotopic (exact) mass is 237 g/mol. The number of carbonyl (C=O) groups is 1. The molecule has 17 heavy (non-hydrogen) atoms. The Morgan fingerprint density at radius 1 is 1.71 bits per heavy atom. The van der Waals surface area contributed by atoms with E-state index in [1.165, 1.54) is 0 Å². The number of carboxylic acid groups (broad SMARTS) is 1. The minimum absolute atomic E-state index is 0.134. The Hall–Kier alpha value is -1.36. The molecule has 1 N–H and O–H groups in total. The molecule has 1 fully saturated rings. The number of aryl methyl sites for hydroxylation is 1. The number of hydrogen-bond acceptors (Lipinski definition) is 3. The van der Waals surface area contributed by atoms with Gasteiger partial charge in [-0.05, 0) is 39.3 Å². The van der Waals surface area contributed by atoms with E-state index in [9.17, 15) is 4.79 Å². The molecule has 2 heterocycles. The molecule has 0 aromatic carbocycles. The van der Waals surface area contributed by atoms with Crippen molar-refractivity contribution in [2.24, 2.45) is 0 Å². The molecule has 94 valence electrons. The van der Waals surface area contributed by atoms with E-state index >= 15 is 0 Å². The molecule has 0 amide bonds. The van der Waals surface area contributed by atoms with Gasteiger partial charge in [0.15, 0.2) is 0 Å².